The molecule has 0 spiro atoms. The van der Waals surface area contributed by atoms with Gasteiger partial charge in [0.1, 0.15) is 0 Å². The third-order valence-corrected chi connectivity index (χ3v) is 4.68. The van der Waals surface area contributed by atoms with Crippen molar-refractivity contribution in [2.24, 2.45) is 22.5 Å². The summed E-state index contributed by atoms with van der Waals surface area (Å²) >= 11 is 0. The van der Waals surface area contributed by atoms with Crippen molar-refractivity contribution >= 4 is 0 Å². The minimum absolute atomic E-state index is 0.415. The van der Waals surface area contributed by atoms with Crippen LogP contribution < -0.4 is 5.73 Å². The van der Waals surface area contributed by atoms with Crippen LogP contribution in [0.5, 0.6) is 0 Å². The fourth-order valence-corrected chi connectivity index (χ4v) is 2.85. The fourth-order valence-electron chi connectivity index (χ4n) is 2.85. The van der Waals surface area contributed by atoms with Gasteiger partial charge in [-0.05, 0) is 29.6 Å². The molecule has 1 heteroatoms. The van der Waals surface area contributed by atoms with E-state index in [1.807, 2.05) is 0 Å². The zero-order valence-corrected chi connectivity index (χ0v) is 7.85. The van der Waals surface area contributed by atoms with Crippen molar-refractivity contribution in [3.8, 4) is 0 Å². The van der Waals surface area contributed by atoms with Crippen LogP contribution in [0.2, 0.25) is 0 Å². The second kappa shape index (κ2) is 1.82. The first kappa shape index (κ1) is 7.60. The highest BCUT2D eigenvalue weighted by Crippen LogP contribution is 2.69. The molecule has 0 aromatic carbocycles. The van der Waals surface area contributed by atoms with Crippen LogP contribution in [0.15, 0.2) is 0 Å². The normalized spacial score (nSPS) is 48.5. The molecule has 0 aromatic rings. The van der Waals surface area contributed by atoms with Crippen LogP contribution in [0.4, 0.5) is 0 Å². The van der Waals surface area contributed by atoms with E-state index in [0.29, 0.717) is 16.9 Å². The van der Waals surface area contributed by atoms with Crippen molar-refractivity contribution in [1.29, 1.82) is 0 Å². The molecule has 2 fully saturated rings. The summed E-state index contributed by atoms with van der Waals surface area (Å²) in [6.45, 7) is 7.01. The molecule has 2 saturated carbocycles. The minimum atomic E-state index is 0.415. The molecule has 64 valence electrons. The zero-order chi connectivity index (χ0) is 8.28. The Morgan fingerprint density at radius 1 is 1.18 bits per heavy atom. The van der Waals surface area contributed by atoms with Crippen LogP contribution in [0, 0.1) is 16.7 Å². The van der Waals surface area contributed by atoms with Gasteiger partial charge in [-0.2, -0.15) is 0 Å². The molecule has 11 heavy (non-hydrogen) atoms. The Kier molecular flexibility index (Phi) is 1.26. The predicted molar refractivity (Wildman–Crippen MR) is 47.2 cm³/mol. The summed E-state index contributed by atoms with van der Waals surface area (Å²) in [5.74, 6) is 0.937. The molecule has 0 saturated heterocycles. The van der Waals surface area contributed by atoms with Gasteiger partial charge in [0.15, 0.2) is 0 Å². The fraction of sp³-hybridized carbons (Fsp3) is 1.00. The molecule has 0 amide bonds. The number of hydrogen-bond donors (Lipinski definition) is 1. The maximum absolute atomic E-state index is 6.09. The van der Waals surface area contributed by atoms with Crippen molar-refractivity contribution in [2.75, 3.05) is 0 Å². The van der Waals surface area contributed by atoms with Crippen LogP contribution in [-0.2, 0) is 0 Å². The summed E-state index contributed by atoms with van der Waals surface area (Å²) in [7, 11) is 0. The number of hydrogen-bond acceptors (Lipinski definition) is 1. The Hall–Kier alpha value is -0.0400. The van der Waals surface area contributed by atoms with E-state index < -0.39 is 0 Å². The van der Waals surface area contributed by atoms with Crippen molar-refractivity contribution in [1.82, 2.24) is 0 Å². The molecular weight excluding hydrogens is 134 g/mol. The van der Waals surface area contributed by atoms with Gasteiger partial charge in [-0.3, -0.25) is 0 Å². The van der Waals surface area contributed by atoms with Crippen LogP contribution in [-0.4, -0.2) is 6.04 Å². The Labute approximate surface area is 69.4 Å². The molecule has 2 rings (SSSR count). The Morgan fingerprint density at radius 3 is 1.73 bits per heavy atom. The lowest BCUT2D eigenvalue weighted by atomic mass is 9.71. The van der Waals surface area contributed by atoms with E-state index >= 15 is 0 Å². The van der Waals surface area contributed by atoms with Gasteiger partial charge in [-0.1, -0.05) is 27.2 Å². The first-order valence-corrected chi connectivity index (χ1v) is 4.77. The lowest BCUT2D eigenvalue weighted by molar-refractivity contribution is 0.162. The molecule has 0 aromatic heterocycles. The van der Waals surface area contributed by atoms with E-state index in [9.17, 15) is 0 Å². The third kappa shape index (κ3) is 0.658. The summed E-state index contributed by atoms with van der Waals surface area (Å²) < 4.78 is 0. The van der Waals surface area contributed by atoms with Crippen molar-refractivity contribution in [3.63, 3.8) is 0 Å². The molecule has 0 heterocycles. The van der Waals surface area contributed by atoms with Gasteiger partial charge in [-0.25, -0.2) is 0 Å². The van der Waals surface area contributed by atoms with Gasteiger partial charge >= 0.3 is 0 Å². The van der Waals surface area contributed by atoms with Gasteiger partial charge in [0.2, 0.25) is 0 Å². The van der Waals surface area contributed by atoms with E-state index in [4.69, 9.17) is 5.73 Å². The SMILES string of the molecule is CC1(C)C(N)C1(C)C1CCC1. The van der Waals surface area contributed by atoms with E-state index in [2.05, 4.69) is 20.8 Å². The predicted octanol–water partition coefficient (Wildman–Crippen LogP) is 2.16. The van der Waals surface area contributed by atoms with Gasteiger partial charge in [0.05, 0.1) is 0 Å². The zero-order valence-electron chi connectivity index (χ0n) is 7.85. The second-order valence-electron chi connectivity index (χ2n) is 5.11. The van der Waals surface area contributed by atoms with Crippen LogP contribution in [0.1, 0.15) is 40.0 Å². The summed E-state index contributed by atoms with van der Waals surface area (Å²) in [5, 5.41) is 0. The topological polar surface area (TPSA) is 26.0 Å². The maximum atomic E-state index is 6.09. The first-order chi connectivity index (χ1) is 5.01. The number of nitrogens with two attached hydrogens (primary N) is 1. The van der Waals surface area contributed by atoms with Crippen molar-refractivity contribution < 1.29 is 0 Å². The van der Waals surface area contributed by atoms with E-state index in [0.717, 1.165) is 5.92 Å². The molecule has 0 radical (unpaired) electrons. The Balaban J connectivity index is 2.13. The van der Waals surface area contributed by atoms with E-state index in [1.165, 1.54) is 19.3 Å². The highest BCUT2D eigenvalue weighted by molar-refractivity contribution is 5.21. The van der Waals surface area contributed by atoms with Gasteiger partial charge in [-0.15, -0.1) is 0 Å². The Morgan fingerprint density at radius 2 is 1.64 bits per heavy atom. The summed E-state index contributed by atoms with van der Waals surface area (Å²) in [4.78, 5) is 0. The number of rotatable bonds is 1. The lowest BCUT2D eigenvalue weighted by Gasteiger charge is -2.34. The minimum Gasteiger partial charge on any atom is -0.327 e. The molecule has 0 bridgehead atoms. The second-order valence-corrected chi connectivity index (χ2v) is 5.11. The average molecular weight is 153 g/mol. The summed E-state index contributed by atoms with van der Waals surface area (Å²) in [6, 6.07) is 0.459. The molecule has 2 N–H and O–H groups in total. The van der Waals surface area contributed by atoms with Crippen LogP contribution in [0.25, 0.3) is 0 Å². The third-order valence-electron chi connectivity index (χ3n) is 4.68. The maximum Gasteiger partial charge on any atom is 0.0159 e. The first-order valence-electron chi connectivity index (χ1n) is 4.77. The lowest BCUT2D eigenvalue weighted by Crippen LogP contribution is -2.27. The van der Waals surface area contributed by atoms with Crippen LogP contribution >= 0.6 is 0 Å². The Bertz CT molecular complexity index is 181. The molecule has 1 nitrogen and oxygen atoms in total. The molecule has 2 aliphatic carbocycles. The summed E-state index contributed by atoms with van der Waals surface area (Å²) in [6.07, 6.45) is 4.28. The highest BCUT2D eigenvalue weighted by Gasteiger charge is 2.69. The average Bonchev–Trinajstić information content (AvgIpc) is 2.11. The molecule has 2 atom stereocenters. The smallest absolute Gasteiger partial charge is 0.0159 e. The largest absolute Gasteiger partial charge is 0.327 e. The van der Waals surface area contributed by atoms with Gasteiger partial charge < -0.3 is 5.73 Å². The van der Waals surface area contributed by atoms with Crippen LogP contribution in [0.3, 0.4) is 0 Å². The van der Waals surface area contributed by atoms with Crippen molar-refractivity contribution in [3.05, 3.63) is 0 Å². The molecule has 0 aliphatic heterocycles. The molecule has 2 aliphatic rings. The van der Waals surface area contributed by atoms with Gasteiger partial charge in [0.25, 0.3) is 0 Å². The van der Waals surface area contributed by atoms with Crippen molar-refractivity contribution in [2.45, 2.75) is 46.1 Å². The van der Waals surface area contributed by atoms with E-state index in [1.54, 1.807) is 0 Å². The molecular formula is C10H19N. The molecule has 2 unspecified atom stereocenters. The van der Waals surface area contributed by atoms with E-state index in [-0.39, 0.29) is 0 Å². The van der Waals surface area contributed by atoms with Gasteiger partial charge in [0, 0.05) is 6.04 Å². The monoisotopic (exact) mass is 153 g/mol. The quantitative estimate of drug-likeness (QED) is 0.614. The highest BCUT2D eigenvalue weighted by atomic mass is 14.9. The standard InChI is InChI=1S/C10H19N/c1-9(2)8(11)10(9,3)7-5-4-6-7/h7-8H,4-6,11H2,1-3H3. The summed E-state index contributed by atoms with van der Waals surface area (Å²) in [5.41, 5.74) is 6.98.